The number of fused-ring (bicyclic) bond motifs is 1. The van der Waals surface area contributed by atoms with E-state index in [1.54, 1.807) is 40.9 Å². The molecule has 1 fully saturated rings. The van der Waals surface area contributed by atoms with Crippen LogP contribution in [-0.2, 0) is 21.1 Å². The fourth-order valence-electron chi connectivity index (χ4n) is 3.24. The lowest BCUT2D eigenvalue weighted by Crippen LogP contribution is -2.29. The molecule has 0 aliphatic carbocycles. The number of hydrogen-bond acceptors (Lipinski definition) is 7. The molecular weight excluding hydrogens is 392 g/mol. The summed E-state index contributed by atoms with van der Waals surface area (Å²) in [6.07, 6.45) is 2.03. The second kappa shape index (κ2) is 8.04. The molecule has 0 bridgehead atoms. The highest BCUT2D eigenvalue weighted by Crippen LogP contribution is 2.28. The molecule has 8 nitrogen and oxygen atoms in total. The van der Waals surface area contributed by atoms with Gasteiger partial charge in [-0.1, -0.05) is 23.4 Å². The number of hydrogen-bond donors (Lipinski definition) is 0. The predicted molar refractivity (Wildman–Crippen MR) is 109 cm³/mol. The average molecular weight is 410 g/mol. The van der Waals surface area contributed by atoms with Gasteiger partial charge in [0.1, 0.15) is 5.52 Å². The Balaban J connectivity index is 1.44. The maximum Gasteiger partial charge on any atom is 0.313 e. The number of amides is 1. The van der Waals surface area contributed by atoms with Gasteiger partial charge in [0.2, 0.25) is 5.91 Å². The highest BCUT2D eigenvalue weighted by Gasteiger charge is 2.36. The van der Waals surface area contributed by atoms with Crippen LogP contribution in [0.1, 0.15) is 6.42 Å². The van der Waals surface area contributed by atoms with Crippen LogP contribution in [0.3, 0.4) is 0 Å². The highest BCUT2D eigenvalue weighted by molar-refractivity contribution is 7.98. The van der Waals surface area contributed by atoms with E-state index in [1.807, 2.05) is 30.5 Å². The molecule has 9 heteroatoms. The van der Waals surface area contributed by atoms with Crippen LogP contribution >= 0.6 is 11.8 Å². The fraction of sp³-hybridized carbons (Fsp3) is 0.250. The normalized spacial score (nSPS) is 16.4. The van der Waals surface area contributed by atoms with Gasteiger partial charge in [-0.15, -0.1) is 16.9 Å². The van der Waals surface area contributed by atoms with Crippen LogP contribution < -0.4 is 10.5 Å². The van der Waals surface area contributed by atoms with Gasteiger partial charge in [0, 0.05) is 23.5 Å². The number of thioether (sulfide) groups is 1. The van der Waals surface area contributed by atoms with Crippen molar-refractivity contribution in [3.05, 3.63) is 58.9 Å². The molecule has 2 heterocycles. The number of benzene rings is 2. The lowest BCUT2D eigenvalue weighted by atomic mass is 10.1. The van der Waals surface area contributed by atoms with Crippen LogP contribution in [-0.4, -0.2) is 39.7 Å². The van der Waals surface area contributed by atoms with E-state index in [9.17, 15) is 14.4 Å². The maximum atomic E-state index is 12.5. The van der Waals surface area contributed by atoms with E-state index in [0.717, 1.165) is 15.3 Å². The minimum atomic E-state index is -0.593. The van der Waals surface area contributed by atoms with Crippen molar-refractivity contribution in [2.45, 2.75) is 18.0 Å². The molecule has 0 radical (unpaired) electrons. The van der Waals surface area contributed by atoms with Crippen molar-refractivity contribution in [2.24, 2.45) is 5.92 Å². The first-order valence-corrected chi connectivity index (χ1v) is 10.2. The van der Waals surface area contributed by atoms with E-state index in [4.69, 9.17) is 4.74 Å². The molecule has 0 saturated carbocycles. The van der Waals surface area contributed by atoms with Crippen LogP contribution in [0.15, 0.2) is 58.2 Å². The molecule has 1 amide bonds. The number of carbonyl (C=O) groups excluding carboxylic acids is 2. The molecular formula is C20H18N4O4S. The summed E-state index contributed by atoms with van der Waals surface area (Å²) in [5.74, 6) is -1.26. The molecule has 1 aliphatic heterocycles. The van der Waals surface area contributed by atoms with Crippen LogP contribution in [0.4, 0.5) is 5.69 Å². The number of aromatic nitrogens is 3. The van der Waals surface area contributed by atoms with Gasteiger partial charge < -0.3 is 9.64 Å². The average Bonchev–Trinajstić information content (AvgIpc) is 3.15. The van der Waals surface area contributed by atoms with Gasteiger partial charge in [-0.25, -0.2) is 0 Å². The van der Waals surface area contributed by atoms with Crippen molar-refractivity contribution in [1.29, 1.82) is 0 Å². The summed E-state index contributed by atoms with van der Waals surface area (Å²) >= 11 is 1.58. The van der Waals surface area contributed by atoms with E-state index >= 15 is 0 Å². The number of anilines is 1. The second-order valence-corrected chi connectivity index (χ2v) is 7.49. The Morgan fingerprint density at radius 2 is 2.03 bits per heavy atom. The smallest absolute Gasteiger partial charge is 0.313 e. The molecule has 0 unspecified atom stereocenters. The zero-order valence-electron chi connectivity index (χ0n) is 15.6. The summed E-state index contributed by atoms with van der Waals surface area (Å²) in [5, 5.41) is 8.15. The Labute approximate surface area is 170 Å². The Hall–Kier alpha value is -3.20. The van der Waals surface area contributed by atoms with Crippen molar-refractivity contribution in [3.8, 4) is 0 Å². The standard InChI is InChI=1S/C20H18N4O4S/c1-29-15-6-4-5-14(10-15)23-11-13(9-18(23)25)20(27)28-12-24-19(26)16-7-2-3-8-17(16)21-22-24/h2-8,10,13H,9,11-12H2,1H3/t13-/m0/s1. The quantitative estimate of drug-likeness (QED) is 0.469. The van der Waals surface area contributed by atoms with E-state index in [1.165, 1.54) is 0 Å². The van der Waals surface area contributed by atoms with Crippen LogP contribution in [0.5, 0.6) is 0 Å². The maximum absolute atomic E-state index is 12.5. The van der Waals surface area contributed by atoms with E-state index in [-0.39, 0.29) is 31.2 Å². The lowest BCUT2D eigenvalue weighted by Gasteiger charge is -2.17. The third-order valence-electron chi connectivity index (χ3n) is 4.78. The van der Waals surface area contributed by atoms with Crippen LogP contribution in [0, 0.1) is 5.92 Å². The van der Waals surface area contributed by atoms with Gasteiger partial charge in [0.25, 0.3) is 5.56 Å². The Bertz CT molecular complexity index is 1150. The summed E-state index contributed by atoms with van der Waals surface area (Å²) in [7, 11) is 0. The molecule has 1 atom stereocenters. The molecule has 2 aromatic carbocycles. The number of rotatable bonds is 5. The molecule has 0 N–H and O–H groups in total. The largest absolute Gasteiger partial charge is 0.442 e. The van der Waals surface area contributed by atoms with Crippen LogP contribution in [0.25, 0.3) is 10.9 Å². The van der Waals surface area contributed by atoms with Gasteiger partial charge in [-0.05, 0) is 36.6 Å². The molecule has 1 aromatic heterocycles. The topological polar surface area (TPSA) is 94.4 Å². The highest BCUT2D eigenvalue weighted by atomic mass is 32.2. The van der Waals surface area contributed by atoms with Gasteiger partial charge >= 0.3 is 5.97 Å². The second-order valence-electron chi connectivity index (χ2n) is 6.61. The van der Waals surface area contributed by atoms with E-state index in [0.29, 0.717) is 10.9 Å². The summed E-state index contributed by atoms with van der Waals surface area (Å²) in [6.45, 7) is -0.101. The molecule has 4 rings (SSSR count). The Kier molecular flexibility index (Phi) is 5.30. The van der Waals surface area contributed by atoms with Crippen molar-refractivity contribution in [1.82, 2.24) is 15.0 Å². The number of esters is 1. The Morgan fingerprint density at radius 1 is 1.21 bits per heavy atom. The molecule has 3 aromatic rings. The van der Waals surface area contributed by atoms with Crippen molar-refractivity contribution in [2.75, 3.05) is 17.7 Å². The van der Waals surface area contributed by atoms with Crippen LogP contribution in [0.2, 0.25) is 0 Å². The minimum Gasteiger partial charge on any atom is -0.442 e. The predicted octanol–water partition coefficient (Wildman–Crippen LogP) is 2.07. The summed E-state index contributed by atoms with van der Waals surface area (Å²) in [5.41, 5.74) is 0.847. The summed E-state index contributed by atoms with van der Waals surface area (Å²) < 4.78 is 6.25. The van der Waals surface area contributed by atoms with Gasteiger partial charge in [-0.2, -0.15) is 4.68 Å². The third kappa shape index (κ3) is 3.86. The molecule has 1 saturated heterocycles. The number of nitrogens with zero attached hydrogens (tertiary/aromatic N) is 4. The Morgan fingerprint density at radius 3 is 2.86 bits per heavy atom. The zero-order chi connectivity index (χ0) is 20.4. The lowest BCUT2D eigenvalue weighted by molar-refractivity contribution is -0.152. The summed E-state index contributed by atoms with van der Waals surface area (Å²) in [4.78, 5) is 39.9. The monoisotopic (exact) mass is 410 g/mol. The first-order chi connectivity index (χ1) is 14.1. The molecule has 1 aliphatic rings. The van der Waals surface area contributed by atoms with Gasteiger partial charge in [0.15, 0.2) is 6.73 Å². The number of carbonyl (C=O) groups is 2. The first kappa shape index (κ1) is 19.1. The molecule has 148 valence electrons. The fourth-order valence-corrected chi connectivity index (χ4v) is 3.70. The SMILES string of the molecule is CSc1cccc(N2C[C@@H](C(=O)OCn3nnc4ccccc4c3=O)CC2=O)c1. The number of ether oxygens (including phenoxy) is 1. The van der Waals surface area contributed by atoms with Gasteiger partial charge in [0.05, 0.1) is 11.3 Å². The molecule has 0 spiro atoms. The first-order valence-electron chi connectivity index (χ1n) is 9.00. The minimum absolute atomic E-state index is 0.0701. The third-order valence-corrected chi connectivity index (χ3v) is 5.51. The molecule has 29 heavy (non-hydrogen) atoms. The van der Waals surface area contributed by atoms with Crippen molar-refractivity contribution < 1.29 is 14.3 Å². The summed E-state index contributed by atoms with van der Waals surface area (Å²) in [6, 6.07) is 14.4. The van der Waals surface area contributed by atoms with Crippen molar-refractivity contribution in [3.63, 3.8) is 0 Å². The van der Waals surface area contributed by atoms with E-state index < -0.39 is 11.9 Å². The van der Waals surface area contributed by atoms with Crippen molar-refractivity contribution >= 4 is 40.2 Å². The van der Waals surface area contributed by atoms with Gasteiger partial charge in [-0.3, -0.25) is 14.4 Å². The zero-order valence-corrected chi connectivity index (χ0v) is 16.5. The van der Waals surface area contributed by atoms with E-state index in [2.05, 4.69) is 10.3 Å².